The summed E-state index contributed by atoms with van der Waals surface area (Å²) in [5, 5.41) is 3.43. The van der Waals surface area contributed by atoms with Gasteiger partial charge in [0.25, 0.3) is 11.5 Å². The molecule has 2 heterocycles. The number of rotatable bonds is 9. The molecule has 0 radical (unpaired) electrons. The summed E-state index contributed by atoms with van der Waals surface area (Å²) in [7, 11) is 3.09. The molecule has 186 valence electrons. The largest absolute Gasteiger partial charge is 0.493 e. The van der Waals surface area contributed by atoms with E-state index in [1.54, 1.807) is 30.6 Å². The number of hydrogen-bond donors (Lipinski definition) is 1. The molecule has 1 aromatic carbocycles. The first-order chi connectivity index (χ1) is 16.9. The molecule has 1 amide bonds. The van der Waals surface area contributed by atoms with Crippen LogP contribution in [0.3, 0.4) is 0 Å². The molecule has 35 heavy (non-hydrogen) atoms. The fourth-order valence-electron chi connectivity index (χ4n) is 4.19. The standard InChI is InChI=1S/C25H29N3O6S/c1-15(23(30)26-13-16-8-9-18(32-2)19(12-16)33-3)34-21(29)10-11-28-14-27-24-22(25(28)31)17-6-4-5-7-20(17)35-24/h8-9,12,14-15H,4-7,10-11,13H2,1-3H3,(H,26,30). The lowest BCUT2D eigenvalue weighted by Crippen LogP contribution is -2.35. The van der Waals surface area contributed by atoms with Crippen LogP contribution in [0.25, 0.3) is 10.2 Å². The summed E-state index contributed by atoms with van der Waals surface area (Å²) in [5.74, 6) is 0.179. The summed E-state index contributed by atoms with van der Waals surface area (Å²) in [5.41, 5.74) is 1.81. The highest BCUT2D eigenvalue weighted by molar-refractivity contribution is 7.18. The van der Waals surface area contributed by atoms with Crippen molar-refractivity contribution in [2.24, 2.45) is 0 Å². The maximum Gasteiger partial charge on any atom is 0.308 e. The average Bonchev–Trinajstić information content (AvgIpc) is 3.26. The molecule has 0 saturated carbocycles. The van der Waals surface area contributed by atoms with Crippen LogP contribution in [0.4, 0.5) is 0 Å². The first kappa shape index (κ1) is 24.7. The van der Waals surface area contributed by atoms with Crippen molar-refractivity contribution < 1.29 is 23.8 Å². The number of benzene rings is 1. The molecule has 2 aromatic heterocycles. The number of nitrogens with zero attached hydrogens (tertiary/aromatic N) is 2. The third kappa shape index (κ3) is 5.48. The molecule has 0 bridgehead atoms. The zero-order valence-electron chi connectivity index (χ0n) is 20.1. The van der Waals surface area contributed by atoms with Crippen LogP contribution < -0.4 is 20.3 Å². The van der Waals surface area contributed by atoms with Gasteiger partial charge in [-0.1, -0.05) is 6.07 Å². The number of carbonyl (C=O) groups is 2. The molecule has 1 unspecified atom stereocenters. The lowest BCUT2D eigenvalue weighted by molar-refractivity contribution is -0.155. The molecule has 0 spiro atoms. The van der Waals surface area contributed by atoms with Crippen molar-refractivity contribution in [3.8, 4) is 11.5 Å². The van der Waals surface area contributed by atoms with Crippen LogP contribution >= 0.6 is 11.3 Å². The van der Waals surface area contributed by atoms with Crippen LogP contribution in [0.5, 0.6) is 11.5 Å². The maximum absolute atomic E-state index is 13.0. The predicted octanol–water partition coefficient (Wildman–Crippen LogP) is 2.99. The Hall–Kier alpha value is -3.40. The Morgan fingerprint density at radius 1 is 1.17 bits per heavy atom. The Kier molecular flexibility index (Phi) is 7.70. The van der Waals surface area contributed by atoms with Gasteiger partial charge in [0.05, 0.1) is 32.4 Å². The van der Waals surface area contributed by atoms with Crippen molar-refractivity contribution in [1.82, 2.24) is 14.9 Å². The molecular weight excluding hydrogens is 470 g/mol. The second-order valence-corrected chi connectivity index (χ2v) is 9.51. The summed E-state index contributed by atoms with van der Waals surface area (Å²) in [4.78, 5) is 44.2. The molecule has 1 N–H and O–H groups in total. The van der Waals surface area contributed by atoms with Gasteiger partial charge in [-0.2, -0.15) is 0 Å². The number of ether oxygens (including phenoxy) is 3. The quantitative estimate of drug-likeness (QED) is 0.451. The number of methoxy groups -OCH3 is 2. The van der Waals surface area contributed by atoms with Crippen molar-refractivity contribution >= 4 is 33.4 Å². The molecule has 1 atom stereocenters. The van der Waals surface area contributed by atoms with E-state index in [4.69, 9.17) is 14.2 Å². The molecule has 10 heteroatoms. The minimum Gasteiger partial charge on any atom is -0.493 e. The van der Waals surface area contributed by atoms with Crippen LogP contribution in [-0.4, -0.2) is 41.8 Å². The van der Waals surface area contributed by atoms with Gasteiger partial charge in [-0.25, -0.2) is 4.98 Å². The Morgan fingerprint density at radius 2 is 1.94 bits per heavy atom. The number of thiophene rings is 1. The van der Waals surface area contributed by atoms with E-state index in [1.807, 2.05) is 6.07 Å². The van der Waals surface area contributed by atoms with Gasteiger partial charge < -0.3 is 19.5 Å². The lowest BCUT2D eigenvalue weighted by Gasteiger charge is -2.15. The summed E-state index contributed by atoms with van der Waals surface area (Å²) in [6.45, 7) is 1.90. The zero-order valence-corrected chi connectivity index (χ0v) is 20.9. The topological polar surface area (TPSA) is 109 Å². The van der Waals surface area contributed by atoms with Gasteiger partial charge >= 0.3 is 5.97 Å². The van der Waals surface area contributed by atoms with Crippen molar-refractivity contribution in [2.75, 3.05) is 14.2 Å². The number of hydrogen-bond acceptors (Lipinski definition) is 8. The first-order valence-electron chi connectivity index (χ1n) is 11.6. The molecule has 0 saturated heterocycles. The van der Waals surface area contributed by atoms with Crippen molar-refractivity contribution in [3.05, 3.63) is 50.9 Å². The van der Waals surface area contributed by atoms with Gasteiger partial charge in [0.2, 0.25) is 0 Å². The maximum atomic E-state index is 13.0. The Bertz CT molecular complexity index is 1300. The van der Waals surface area contributed by atoms with Gasteiger partial charge in [-0.15, -0.1) is 11.3 Å². The van der Waals surface area contributed by atoms with E-state index in [0.717, 1.165) is 41.6 Å². The van der Waals surface area contributed by atoms with Crippen LogP contribution in [0.1, 0.15) is 42.2 Å². The van der Waals surface area contributed by atoms with E-state index >= 15 is 0 Å². The highest BCUT2D eigenvalue weighted by atomic mass is 32.1. The van der Waals surface area contributed by atoms with E-state index in [1.165, 1.54) is 29.8 Å². The molecule has 9 nitrogen and oxygen atoms in total. The van der Waals surface area contributed by atoms with Gasteiger partial charge in [-0.05, 0) is 55.9 Å². The fraction of sp³-hybridized carbons (Fsp3) is 0.440. The van der Waals surface area contributed by atoms with Gasteiger partial charge in [-0.3, -0.25) is 19.0 Å². The average molecular weight is 500 g/mol. The molecule has 0 aliphatic heterocycles. The minimum absolute atomic E-state index is 0.0350. The molecule has 4 rings (SSSR count). The lowest BCUT2D eigenvalue weighted by atomic mass is 9.97. The van der Waals surface area contributed by atoms with Crippen LogP contribution in [0, 0.1) is 0 Å². The van der Waals surface area contributed by atoms with E-state index in [0.29, 0.717) is 16.9 Å². The van der Waals surface area contributed by atoms with Crippen LogP contribution in [-0.2, 0) is 40.3 Å². The second-order valence-electron chi connectivity index (χ2n) is 8.42. The normalized spacial score (nSPS) is 13.7. The van der Waals surface area contributed by atoms with Crippen LogP contribution in [0.15, 0.2) is 29.3 Å². The van der Waals surface area contributed by atoms with E-state index < -0.39 is 18.0 Å². The summed E-state index contributed by atoms with van der Waals surface area (Å²) < 4.78 is 17.2. The Balaban J connectivity index is 1.30. The van der Waals surface area contributed by atoms with E-state index in [9.17, 15) is 14.4 Å². The van der Waals surface area contributed by atoms with Crippen molar-refractivity contribution in [2.45, 2.75) is 58.2 Å². The number of aromatic nitrogens is 2. The Labute approximate surface area is 207 Å². The van der Waals surface area contributed by atoms with E-state index in [-0.39, 0.29) is 25.1 Å². The number of amides is 1. The summed E-state index contributed by atoms with van der Waals surface area (Å²) in [6, 6.07) is 5.33. The number of esters is 1. The molecular formula is C25H29N3O6S. The molecule has 3 aromatic rings. The monoisotopic (exact) mass is 499 g/mol. The molecule has 0 fully saturated rings. The minimum atomic E-state index is -0.969. The van der Waals surface area contributed by atoms with Crippen molar-refractivity contribution in [1.29, 1.82) is 0 Å². The number of fused-ring (bicyclic) bond motifs is 3. The smallest absolute Gasteiger partial charge is 0.308 e. The fourth-order valence-corrected chi connectivity index (χ4v) is 5.40. The predicted molar refractivity (Wildman–Crippen MR) is 132 cm³/mol. The highest BCUT2D eigenvalue weighted by Crippen LogP contribution is 2.33. The summed E-state index contributed by atoms with van der Waals surface area (Å²) in [6.07, 6.45) is 4.59. The second kappa shape index (κ2) is 10.9. The number of nitrogens with one attached hydrogen (secondary N) is 1. The molecule has 1 aliphatic carbocycles. The third-order valence-electron chi connectivity index (χ3n) is 6.09. The number of aryl methyl sites for hydroxylation is 3. The summed E-state index contributed by atoms with van der Waals surface area (Å²) >= 11 is 1.59. The van der Waals surface area contributed by atoms with Crippen LogP contribution in [0.2, 0.25) is 0 Å². The van der Waals surface area contributed by atoms with E-state index in [2.05, 4.69) is 10.3 Å². The zero-order chi connectivity index (χ0) is 24.9. The SMILES string of the molecule is COc1ccc(CNC(=O)C(C)OC(=O)CCn2cnc3sc4c(c3c2=O)CCCC4)cc1OC. The molecule has 1 aliphatic rings. The first-order valence-corrected chi connectivity index (χ1v) is 12.4. The van der Waals surface area contributed by atoms with Gasteiger partial charge in [0.15, 0.2) is 17.6 Å². The van der Waals surface area contributed by atoms with Gasteiger partial charge in [0.1, 0.15) is 4.83 Å². The third-order valence-corrected chi connectivity index (χ3v) is 7.29. The van der Waals surface area contributed by atoms with Crippen molar-refractivity contribution in [3.63, 3.8) is 0 Å². The Morgan fingerprint density at radius 3 is 2.71 bits per heavy atom. The highest BCUT2D eigenvalue weighted by Gasteiger charge is 2.21. The number of carbonyl (C=O) groups excluding carboxylic acids is 2. The van der Waals surface area contributed by atoms with Gasteiger partial charge in [0, 0.05) is 18.0 Å².